The zero-order chi connectivity index (χ0) is 7.40. The molecule has 3 heteroatoms. The van der Waals surface area contributed by atoms with E-state index in [1.54, 1.807) is 7.11 Å². The van der Waals surface area contributed by atoms with E-state index < -0.39 is 0 Å². The highest BCUT2D eigenvalue weighted by atomic mass is 16.5. The molecule has 0 aromatic rings. The average molecular weight is 145 g/mol. The fourth-order valence-corrected chi connectivity index (χ4v) is 1.43. The first-order valence-corrected chi connectivity index (χ1v) is 3.79. The molecule has 0 aliphatic heterocycles. The SMILES string of the molecule is COC1CCC(NO)CC1. The van der Waals surface area contributed by atoms with Gasteiger partial charge in [-0.15, -0.1) is 0 Å². The monoisotopic (exact) mass is 145 g/mol. The Balaban J connectivity index is 2.17. The van der Waals surface area contributed by atoms with Crippen molar-refractivity contribution in [2.75, 3.05) is 7.11 Å². The summed E-state index contributed by atoms with van der Waals surface area (Å²) in [7, 11) is 1.75. The molecule has 0 unspecified atom stereocenters. The fourth-order valence-electron chi connectivity index (χ4n) is 1.43. The lowest BCUT2D eigenvalue weighted by Gasteiger charge is -2.26. The predicted octanol–water partition coefficient (Wildman–Crippen LogP) is 0.923. The number of rotatable bonds is 2. The molecule has 1 rings (SSSR count). The van der Waals surface area contributed by atoms with Gasteiger partial charge >= 0.3 is 0 Å². The van der Waals surface area contributed by atoms with Gasteiger partial charge in [0.1, 0.15) is 0 Å². The first-order valence-electron chi connectivity index (χ1n) is 3.79. The summed E-state index contributed by atoms with van der Waals surface area (Å²) in [6.07, 6.45) is 4.60. The van der Waals surface area contributed by atoms with Gasteiger partial charge in [0.25, 0.3) is 0 Å². The van der Waals surface area contributed by atoms with Gasteiger partial charge in [0.2, 0.25) is 0 Å². The molecule has 0 spiro atoms. The highest BCUT2D eigenvalue weighted by Gasteiger charge is 2.19. The number of hydroxylamine groups is 1. The Morgan fingerprint density at radius 3 is 2.30 bits per heavy atom. The second kappa shape index (κ2) is 3.91. The lowest BCUT2D eigenvalue weighted by Crippen LogP contribution is -2.32. The van der Waals surface area contributed by atoms with Crippen LogP contribution in [0.2, 0.25) is 0 Å². The molecular weight excluding hydrogens is 130 g/mol. The van der Waals surface area contributed by atoms with Gasteiger partial charge in [-0.3, -0.25) is 0 Å². The second-order valence-electron chi connectivity index (χ2n) is 2.84. The number of nitrogens with one attached hydrogen (secondary N) is 1. The minimum absolute atomic E-state index is 0.298. The lowest BCUT2D eigenvalue weighted by molar-refractivity contribution is 0.0349. The minimum atomic E-state index is 0.298. The molecule has 2 N–H and O–H groups in total. The normalized spacial score (nSPS) is 34.2. The molecule has 3 nitrogen and oxygen atoms in total. The Bertz CT molecular complexity index is 77.6. The zero-order valence-corrected chi connectivity index (χ0v) is 6.34. The molecule has 60 valence electrons. The average Bonchev–Trinajstić information content (AvgIpc) is 2.05. The first kappa shape index (κ1) is 7.98. The van der Waals surface area contributed by atoms with Crippen LogP contribution in [0.1, 0.15) is 25.7 Å². The van der Waals surface area contributed by atoms with Gasteiger partial charge in [-0.25, -0.2) is 5.48 Å². The molecule has 0 saturated heterocycles. The molecule has 1 aliphatic rings. The van der Waals surface area contributed by atoms with Crippen molar-refractivity contribution in [1.82, 2.24) is 5.48 Å². The van der Waals surface area contributed by atoms with E-state index in [0.717, 1.165) is 25.7 Å². The maximum absolute atomic E-state index is 8.56. The Morgan fingerprint density at radius 1 is 1.30 bits per heavy atom. The van der Waals surface area contributed by atoms with Crippen molar-refractivity contribution >= 4 is 0 Å². The van der Waals surface area contributed by atoms with Crippen LogP contribution >= 0.6 is 0 Å². The molecule has 10 heavy (non-hydrogen) atoms. The molecule has 1 fully saturated rings. The van der Waals surface area contributed by atoms with Gasteiger partial charge in [-0.05, 0) is 25.7 Å². The smallest absolute Gasteiger partial charge is 0.0572 e. The van der Waals surface area contributed by atoms with Crippen molar-refractivity contribution in [3.63, 3.8) is 0 Å². The van der Waals surface area contributed by atoms with E-state index >= 15 is 0 Å². The number of hydrogen-bond acceptors (Lipinski definition) is 3. The molecule has 0 radical (unpaired) electrons. The topological polar surface area (TPSA) is 41.5 Å². The summed E-state index contributed by atoms with van der Waals surface area (Å²) in [4.78, 5) is 0. The summed E-state index contributed by atoms with van der Waals surface area (Å²) in [6.45, 7) is 0. The maximum atomic E-state index is 8.56. The number of ether oxygens (including phenoxy) is 1. The number of methoxy groups -OCH3 is 1. The van der Waals surface area contributed by atoms with Crippen LogP contribution < -0.4 is 5.48 Å². The van der Waals surface area contributed by atoms with Crippen LogP contribution in [0.15, 0.2) is 0 Å². The minimum Gasteiger partial charge on any atom is -0.381 e. The van der Waals surface area contributed by atoms with Crippen LogP contribution in [0.4, 0.5) is 0 Å². The molecule has 0 aromatic heterocycles. The maximum Gasteiger partial charge on any atom is 0.0572 e. The summed E-state index contributed by atoms with van der Waals surface area (Å²) in [5.41, 5.74) is 2.29. The van der Waals surface area contributed by atoms with Crippen LogP contribution in [0.3, 0.4) is 0 Å². The Kier molecular flexibility index (Phi) is 3.12. The molecule has 0 bridgehead atoms. The van der Waals surface area contributed by atoms with E-state index in [9.17, 15) is 0 Å². The summed E-state index contributed by atoms with van der Waals surface area (Å²) in [5.74, 6) is 0. The largest absolute Gasteiger partial charge is 0.381 e. The zero-order valence-electron chi connectivity index (χ0n) is 6.34. The van der Waals surface area contributed by atoms with Crippen LogP contribution in [-0.4, -0.2) is 24.5 Å². The third kappa shape index (κ3) is 1.94. The Morgan fingerprint density at radius 2 is 1.90 bits per heavy atom. The van der Waals surface area contributed by atoms with Crippen LogP contribution in [0, 0.1) is 0 Å². The van der Waals surface area contributed by atoms with Gasteiger partial charge < -0.3 is 9.94 Å². The highest BCUT2D eigenvalue weighted by Crippen LogP contribution is 2.19. The summed E-state index contributed by atoms with van der Waals surface area (Å²) in [5, 5.41) is 8.56. The van der Waals surface area contributed by atoms with Crippen molar-refractivity contribution in [3.8, 4) is 0 Å². The third-order valence-electron chi connectivity index (χ3n) is 2.19. The van der Waals surface area contributed by atoms with Gasteiger partial charge in [-0.2, -0.15) is 0 Å². The van der Waals surface area contributed by atoms with E-state index in [1.165, 1.54) is 0 Å². The van der Waals surface area contributed by atoms with E-state index in [0.29, 0.717) is 12.1 Å². The quantitative estimate of drug-likeness (QED) is 0.568. The summed E-state index contributed by atoms with van der Waals surface area (Å²) < 4.78 is 5.17. The van der Waals surface area contributed by atoms with Crippen molar-refractivity contribution in [1.29, 1.82) is 0 Å². The standard InChI is InChI=1S/C7H15NO2/c1-10-7-4-2-6(8-9)3-5-7/h6-9H,2-5H2,1H3. The molecule has 0 amide bonds. The van der Waals surface area contributed by atoms with Gasteiger partial charge in [0, 0.05) is 13.2 Å². The predicted molar refractivity (Wildman–Crippen MR) is 38.0 cm³/mol. The van der Waals surface area contributed by atoms with E-state index in [1.807, 2.05) is 0 Å². The highest BCUT2D eigenvalue weighted by molar-refractivity contribution is 4.74. The van der Waals surface area contributed by atoms with E-state index in [4.69, 9.17) is 9.94 Å². The van der Waals surface area contributed by atoms with Crippen LogP contribution in [0.25, 0.3) is 0 Å². The van der Waals surface area contributed by atoms with E-state index in [2.05, 4.69) is 5.48 Å². The van der Waals surface area contributed by atoms with Crippen molar-refractivity contribution < 1.29 is 9.94 Å². The van der Waals surface area contributed by atoms with Gasteiger partial charge in [0.15, 0.2) is 0 Å². The van der Waals surface area contributed by atoms with Gasteiger partial charge in [-0.1, -0.05) is 0 Å². The Labute approximate surface area is 61.3 Å². The first-order chi connectivity index (χ1) is 4.86. The summed E-state index contributed by atoms with van der Waals surface area (Å²) >= 11 is 0. The van der Waals surface area contributed by atoms with Crippen molar-refractivity contribution in [3.05, 3.63) is 0 Å². The molecule has 0 heterocycles. The summed E-state index contributed by atoms with van der Waals surface area (Å²) in [6, 6.07) is 0.298. The van der Waals surface area contributed by atoms with Crippen molar-refractivity contribution in [2.45, 2.75) is 37.8 Å². The van der Waals surface area contributed by atoms with Crippen LogP contribution in [0.5, 0.6) is 0 Å². The molecule has 1 aliphatic carbocycles. The third-order valence-corrected chi connectivity index (χ3v) is 2.19. The molecular formula is C7H15NO2. The molecule has 0 aromatic carbocycles. The van der Waals surface area contributed by atoms with Crippen LogP contribution in [-0.2, 0) is 4.74 Å². The lowest BCUT2D eigenvalue weighted by atomic mass is 9.94. The molecule has 1 saturated carbocycles. The van der Waals surface area contributed by atoms with Crippen molar-refractivity contribution in [2.24, 2.45) is 0 Å². The fraction of sp³-hybridized carbons (Fsp3) is 1.00. The number of hydrogen-bond donors (Lipinski definition) is 2. The second-order valence-corrected chi connectivity index (χ2v) is 2.84. The van der Waals surface area contributed by atoms with E-state index in [-0.39, 0.29) is 0 Å². The molecule has 0 atom stereocenters. The Hall–Kier alpha value is -0.120. The van der Waals surface area contributed by atoms with Gasteiger partial charge in [0.05, 0.1) is 6.10 Å².